The fraction of sp³-hybridized carbons (Fsp3) is 0. The van der Waals surface area contributed by atoms with E-state index in [1.807, 2.05) is 12.1 Å². The first-order valence-corrected chi connectivity index (χ1v) is 12.2. The lowest BCUT2D eigenvalue weighted by molar-refractivity contribution is 0.592. The number of hydrogen-bond donors (Lipinski definition) is 0. The molecule has 0 fully saturated rings. The van der Waals surface area contributed by atoms with Gasteiger partial charge in [0, 0.05) is 5.56 Å². The van der Waals surface area contributed by atoms with Crippen LogP contribution in [-0.4, -0.2) is 13.4 Å². The van der Waals surface area contributed by atoms with E-state index in [-0.39, 0.29) is 9.92 Å². The average Bonchev–Trinajstić information content (AvgIpc) is 2.89. The molecule has 0 aliphatic heterocycles. The highest BCUT2D eigenvalue weighted by Crippen LogP contribution is 2.36. The van der Waals surface area contributed by atoms with E-state index in [0.29, 0.717) is 5.69 Å². The smallest absolute Gasteiger partial charge is 0.223 e. The topological polar surface area (TPSA) is 47.0 Å². The van der Waals surface area contributed by atoms with Crippen molar-refractivity contribution in [3.63, 3.8) is 0 Å². The van der Waals surface area contributed by atoms with Gasteiger partial charge < -0.3 is 0 Å². The lowest BCUT2D eigenvalue weighted by atomic mass is 9.93. The molecule has 0 amide bonds. The summed E-state index contributed by atoms with van der Waals surface area (Å²) in [5, 5.41) is 7.14. The molecule has 0 unspecified atom stereocenters. The molecule has 5 aromatic carbocycles. The first-order valence-electron chi connectivity index (χ1n) is 10.7. The third kappa shape index (κ3) is 3.19. The van der Waals surface area contributed by atoms with Gasteiger partial charge in [-0.1, -0.05) is 84.9 Å². The SMILES string of the molecule is O=S(=O)(c1ccccc1)c1cccc(-c2ccc3c4ccccc4c4ccccc4c3c2)n1. The predicted octanol–water partition coefficient (Wildman–Crippen LogP) is 7.04. The minimum absolute atomic E-state index is 0.0506. The Morgan fingerprint density at radius 1 is 0.485 bits per heavy atom. The van der Waals surface area contributed by atoms with Crippen LogP contribution in [0.4, 0.5) is 0 Å². The molecule has 158 valence electrons. The first kappa shape index (κ1) is 19.6. The lowest BCUT2D eigenvalue weighted by Crippen LogP contribution is -2.04. The van der Waals surface area contributed by atoms with E-state index in [0.717, 1.165) is 10.9 Å². The van der Waals surface area contributed by atoms with Crippen LogP contribution in [0.2, 0.25) is 0 Å². The predicted molar refractivity (Wildman–Crippen MR) is 134 cm³/mol. The Labute approximate surface area is 191 Å². The molecule has 0 saturated heterocycles. The quantitative estimate of drug-likeness (QED) is 0.274. The summed E-state index contributed by atoms with van der Waals surface area (Å²) in [5.41, 5.74) is 1.51. The van der Waals surface area contributed by atoms with E-state index in [2.05, 4.69) is 65.6 Å². The second-order valence-electron chi connectivity index (χ2n) is 8.03. The van der Waals surface area contributed by atoms with Gasteiger partial charge in [-0.05, 0) is 62.6 Å². The zero-order valence-electron chi connectivity index (χ0n) is 17.6. The number of hydrogen-bond acceptors (Lipinski definition) is 3. The highest BCUT2D eigenvalue weighted by molar-refractivity contribution is 7.91. The van der Waals surface area contributed by atoms with Crippen molar-refractivity contribution in [2.45, 2.75) is 9.92 Å². The molecule has 4 heteroatoms. The van der Waals surface area contributed by atoms with Gasteiger partial charge in [0.1, 0.15) is 0 Å². The molecule has 0 bridgehead atoms. The van der Waals surface area contributed by atoms with Crippen molar-refractivity contribution in [3.05, 3.63) is 115 Å². The summed E-state index contributed by atoms with van der Waals surface area (Å²) in [6.07, 6.45) is 0. The Hall–Kier alpha value is -4.02. The van der Waals surface area contributed by atoms with Crippen molar-refractivity contribution in [2.24, 2.45) is 0 Å². The van der Waals surface area contributed by atoms with E-state index in [4.69, 9.17) is 0 Å². The van der Waals surface area contributed by atoms with Gasteiger partial charge in [-0.2, -0.15) is 0 Å². The molecular weight excluding hydrogens is 426 g/mol. The molecule has 3 nitrogen and oxygen atoms in total. The number of benzene rings is 5. The molecule has 1 aromatic heterocycles. The van der Waals surface area contributed by atoms with Crippen LogP contribution in [0, 0.1) is 0 Å². The number of pyridine rings is 1. The van der Waals surface area contributed by atoms with Crippen LogP contribution in [0.3, 0.4) is 0 Å². The normalized spacial score (nSPS) is 11.9. The standard InChI is InChI=1S/C29H19NO2S/c31-33(32,21-9-2-1-3-10-21)29-16-8-15-28(30-29)20-17-18-26-24-13-5-4-11-22(24)23-12-6-7-14-25(23)27(26)19-20/h1-19H. The summed E-state index contributed by atoms with van der Waals surface area (Å²) in [5.74, 6) is 0. The fourth-order valence-corrected chi connectivity index (χ4v) is 5.75. The minimum atomic E-state index is -3.69. The second-order valence-corrected chi connectivity index (χ2v) is 9.93. The molecule has 0 radical (unpaired) electrons. The van der Waals surface area contributed by atoms with Crippen LogP contribution in [0.5, 0.6) is 0 Å². The van der Waals surface area contributed by atoms with Crippen LogP contribution in [-0.2, 0) is 9.84 Å². The molecule has 6 aromatic rings. The van der Waals surface area contributed by atoms with Gasteiger partial charge in [0.2, 0.25) is 9.84 Å². The van der Waals surface area contributed by atoms with E-state index in [1.54, 1.807) is 42.5 Å². The van der Waals surface area contributed by atoms with Crippen molar-refractivity contribution < 1.29 is 8.42 Å². The summed E-state index contributed by atoms with van der Waals surface area (Å²) in [7, 11) is -3.69. The Morgan fingerprint density at radius 2 is 1.03 bits per heavy atom. The molecule has 33 heavy (non-hydrogen) atoms. The van der Waals surface area contributed by atoms with Crippen LogP contribution < -0.4 is 0 Å². The van der Waals surface area contributed by atoms with Crippen LogP contribution in [0.1, 0.15) is 0 Å². The van der Waals surface area contributed by atoms with Crippen LogP contribution in [0.25, 0.3) is 43.6 Å². The van der Waals surface area contributed by atoms with Crippen molar-refractivity contribution in [1.29, 1.82) is 0 Å². The molecule has 6 rings (SSSR count). The van der Waals surface area contributed by atoms with Gasteiger partial charge in [-0.15, -0.1) is 0 Å². The molecular formula is C29H19NO2S. The maximum absolute atomic E-state index is 13.1. The van der Waals surface area contributed by atoms with Gasteiger partial charge in [-0.25, -0.2) is 13.4 Å². The fourth-order valence-electron chi connectivity index (χ4n) is 4.51. The van der Waals surface area contributed by atoms with Gasteiger partial charge in [0.15, 0.2) is 5.03 Å². The molecule has 0 aliphatic carbocycles. The number of nitrogens with zero attached hydrogens (tertiary/aromatic N) is 1. The maximum atomic E-state index is 13.1. The van der Waals surface area contributed by atoms with Crippen molar-refractivity contribution in [2.75, 3.05) is 0 Å². The van der Waals surface area contributed by atoms with Gasteiger partial charge >= 0.3 is 0 Å². The average molecular weight is 446 g/mol. The van der Waals surface area contributed by atoms with Crippen molar-refractivity contribution >= 4 is 42.2 Å². The van der Waals surface area contributed by atoms with E-state index < -0.39 is 9.84 Å². The molecule has 1 heterocycles. The third-order valence-electron chi connectivity index (χ3n) is 6.09. The summed E-state index contributed by atoms with van der Waals surface area (Å²) in [4.78, 5) is 4.79. The van der Waals surface area contributed by atoms with E-state index in [1.165, 1.54) is 26.9 Å². The Kier molecular flexibility index (Phi) is 4.49. The van der Waals surface area contributed by atoms with Crippen LogP contribution in [0.15, 0.2) is 125 Å². The Bertz CT molecular complexity index is 1740. The van der Waals surface area contributed by atoms with Crippen molar-refractivity contribution in [3.8, 4) is 11.3 Å². The second kappa shape index (κ2) is 7.54. The molecule has 0 saturated carbocycles. The first-order chi connectivity index (χ1) is 16.1. The number of fused-ring (bicyclic) bond motifs is 6. The zero-order chi connectivity index (χ0) is 22.4. The number of aromatic nitrogens is 1. The minimum Gasteiger partial charge on any atom is -0.236 e. The van der Waals surface area contributed by atoms with Gasteiger partial charge in [0.25, 0.3) is 0 Å². The molecule has 0 aliphatic rings. The maximum Gasteiger partial charge on any atom is 0.223 e. The third-order valence-corrected chi connectivity index (χ3v) is 7.76. The largest absolute Gasteiger partial charge is 0.236 e. The van der Waals surface area contributed by atoms with Gasteiger partial charge in [-0.3, -0.25) is 0 Å². The summed E-state index contributed by atoms with van der Waals surface area (Å²) in [6, 6.07) is 36.7. The number of rotatable bonds is 3. The van der Waals surface area contributed by atoms with Crippen molar-refractivity contribution in [1.82, 2.24) is 4.98 Å². The number of sulfone groups is 1. The molecule has 0 N–H and O–H groups in total. The monoisotopic (exact) mass is 445 g/mol. The van der Waals surface area contributed by atoms with E-state index in [9.17, 15) is 8.42 Å². The molecule has 0 atom stereocenters. The highest BCUT2D eigenvalue weighted by atomic mass is 32.2. The Morgan fingerprint density at radius 3 is 1.67 bits per heavy atom. The lowest BCUT2D eigenvalue weighted by Gasteiger charge is -2.12. The Balaban J connectivity index is 1.57. The summed E-state index contributed by atoms with van der Waals surface area (Å²) in [6.45, 7) is 0. The zero-order valence-corrected chi connectivity index (χ0v) is 18.5. The summed E-state index contributed by atoms with van der Waals surface area (Å²) < 4.78 is 26.2. The van der Waals surface area contributed by atoms with Gasteiger partial charge in [0.05, 0.1) is 10.6 Å². The van der Waals surface area contributed by atoms with E-state index >= 15 is 0 Å². The van der Waals surface area contributed by atoms with Crippen LogP contribution >= 0.6 is 0 Å². The molecule has 0 spiro atoms. The summed E-state index contributed by atoms with van der Waals surface area (Å²) >= 11 is 0. The highest BCUT2D eigenvalue weighted by Gasteiger charge is 2.19.